The van der Waals surface area contributed by atoms with Crippen LogP contribution in [0.5, 0.6) is 0 Å². The highest BCUT2D eigenvalue weighted by Gasteiger charge is 2.37. The first-order valence-corrected chi connectivity index (χ1v) is 18.4. The van der Waals surface area contributed by atoms with E-state index in [1.807, 2.05) is 105 Å². The second-order valence-electron chi connectivity index (χ2n) is 12.9. The fraction of sp³-hybridized carbons (Fsp3) is 0.325. The van der Waals surface area contributed by atoms with Crippen molar-refractivity contribution in [1.82, 2.24) is 19.2 Å². The van der Waals surface area contributed by atoms with Crippen LogP contribution in [0, 0.1) is 0 Å². The van der Waals surface area contributed by atoms with Gasteiger partial charge in [-0.3, -0.25) is 14.8 Å². The number of anilines is 1. The van der Waals surface area contributed by atoms with E-state index in [0.29, 0.717) is 5.39 Å². The molecule has 0 spiro atoms. The van der Waals surface area contributed by atoms with Crippen molar-refractivity contribution in [3.8, 4) is 0 Å². The van der Waals surface area contributed by atoms with Gasteiger partial charge in [0.25, 0.3) is 0 Å². The van der Waals surface area contributed by atoms with Crippen LogP contribution in [0.2, 0.25) is 0 Å². The van der Waals surface area contributed by atoms with Gasteiger partial charge in [-0.2, -0.15) is 4.31 Å². The fourth-order valence-electron chi connectivity index (χ4n) is 6.53. The van der Waals surface area contributed by atoms with Crippen LogP contribution in [-0.4, -0.2) is 73.8 Å². The number of likely N-dealkylation sites (N-methyl/N-ethyl adjacent to an activating group) is 2. The van der Waals surface area contributed by atoms with Gasteiger partial charge in [0.2, 0.25) is 15.9 Å². The van der Waals surface area contributed by atoms with Gasteiger partial charge in [0, 0.05) is 75.5 Å². The summed E-state index contributed by atoms with van der Waals surface area (Å²) in [6, 6.07) is 27.7. The minimum atomic E-state index is -4.08. The lowest BCUT2D eigenvalue weighted by atomic mass is 9.97. The van der Waals surface area contributed by atoms with Crippen molar-refractivity contribution in [3.63, 3.8) is 0 Å². The first-order chi connectivity index (χ1) is 23.7. The third-order valence-corrected chi connectivity index (χ3v) is 11.3. The van der Waals surface area contributed by atoms with Gasteiger partial charge in [0.05, 0.1) is 4.90 Å². The highest BCUT2D eigenvalue weighted by Crippen LogP contribution is 2.32. The Kier molecular flexibility index (Phi) is 12.2. The van der Waals surface area contributed by atoms with Crippen LogP contribution in [0.3, 0.4) is 0 Å². The standard InChI is InChI=1S/C40H47N5O3S/c1-43(2)37-24-10-23-36-35(37)22-11-25-39(36)49(47,48)45(4)38(28-31-14-6-5-7-15-31)40(46)44(3)34(20-8-16-32-18-12-26-41-29-32)21-9-17-33-19-13-27-42-30-33/h5-7,10-15,18-19,22-27,29-30,34,38H,8-9,16-17,20-21,28H2,1-4H3/t38-/m0/s1. The summed E-state index contributed by atoms with van der Waals surface area (Å²) in [6.45, 7) is 0. The molecule has 0 aliphatic carbocycles. The molecule has 0 radical (unpaired) electrons. The maximum atomic E-state index is 14.7. The van der Waals surface area contributed by atoms with Crippen molar-refractivity contribution in [2.75, 3.05) is 33.1 Å². The minimum Gasteiger partial charge on any atom is -0.377 e. The van der Waals surface area contributed by atoms with E-state index in [4.69, 9.17) is 0 Å². The van der Waals surface area contributed by atoms with Crippen LogP contribution < -0.4 is 4.90 Å². The van der Waals surface area contributed by atoms with E-state index in [1.165, 1.54) is 4.31 Å². The molecule has 49 heavy (non-hydrogen) atoms. The Morgan fingerprint density at radius 1 is 0.673 bits per heavy atom. The summed E-state index contributed by atoms with van der Waals surface area (Å²) < 4.78 is 30.4. The summed E-state index contributed by atoms with van der Waals surface area (Å²) in [5.41, 5.74) is 4.14. The molecule has 3 aromatic carbocycles. The molecule has 0 saturated heterocycles. The zero-order valence-corrected chi connectivity index (χ0v) is 29.8. The summed E-state index contributed by atoms with van der Waals surface area (Å²) in [5, 5.41) is 1.47. The summed E-state index contributed by atoms with van der Waals surface area (Å²) in [4.78, 5) is 27.2. The third kappa shape index (κ3) is 8.90. The highest BCUT2D eigenvalue weighted by molar-refractivity contribution is 7.89. The lowest BCUT2D eigenvalue weighted by Gasteiger charge is -2.35. The zero-order valence-electron chi connectivity index (χ0n) is 28.9. The van der Waals surface area contributed by atoms with Crippen LogP contribution in [0.15, 0.2) is 121 Å². The topological polar surface area (TPSA) is 86.7 Å². The number of amides is 1. The predicted molar refractivity (Wildman–Crippen MR) is 198 cm³/mol. The fourth-order valence-corrected chi connectivity index (χ4v) is 8.05. The van der Waals surface area contributed by atoms with Crippen LogP contribution in [0.1, 0.15) is 42.4 Å². The lowest BCUT2D eigenvalue weighted by Crippen LogP contribution is -2.52. The van der Waals surface area contributed by atoms with Gasteiger partial charge in [-0.15, -0.1) is 0 Å². The van der Waals surface area contributed by atoms with Crippen molar-refractivity contribution in [2.45, 2.75) is 61.9 Å². The molecular weight excluding hydrogens is 631 g/mol. The van der Waals surface area contributed by atoms with Crippen molar-refractivity contribution < 1.29 is 13.2 Å². The number of carbonyl (C=O) groups is 1. The smallest absolute Gasteiger partial charge is 0.244 e. The average molecular weight is 678 g/mol. The maximum absolute atomic E-state index is 14.7. The van der Waals surface area contributed by atoms with Gasteiger partial charge in [-0.25, -0.2) is 8.42 Å². The summed E-state index contributed by atoms with van der Waals surface area (Å²) in [7, 11) is 3.18. The lowest BCUT2D eigenvalue weighted by molar-refractivity contribution is -0.136. The van der Waals surface area contributed by atoms with Crippen LogP contribution in [-0.2, 0) is 34.1 Å². The van der Waals surface area contributed by atoms with Crippen LogP contribution in [0.25, 0.3) is 10.8 Å². The molecule has 8 nitrogen and oxygen atoms in total. The monoisotopic (exact) mass is 677 g/mol. The van der Waals surface area contributed by atoms with Gasteiger partial charge in [-0.1, -0.05) is 66.7 Å². The molecule has 0 unspecified atom stereocenters. The number of hydrogen-bond donors (Lipinski definition) is 0. The number of fused-ring (bicyclic) bond motifs is 1. The number of benzene rings is 3. The molecule has 0 N–H and O–H groups in total. The maximum Gasteiger partial charge on any atom is 0.244 e. The number of carbonyl (C=O) groups excluding carboxylic acids is 1. The number of aromatic nitrogens is 2. The molecule has 9 heteroatoms. The van der Waals surface area contributed by atoms with Gasteiger partial charge in [-0.05, 0) is 85.9 Å². The normalized spacial score (nSPS) is 12.4. The van der Waals surface area contributed by atoms with Gasteiger partial charge < -0.3 is 9.80 Å². The predicted octanol–water partition coefficient (Wildman–Crippen LogP) is 6.80. The number of hydrogen-bond acceptors (Lipinski definition) is 6. The highest BCUT2D eigenvalue weighted by atomic mass is 32.2. The molecule has 0 aliphatic heterocycles. The Labute approximate surface area is 291 Å². The Morgan fingerprint density at radius 3 is 1.82 bits per heavy atom. The molecule has 0 fully saturated rings. The molecule has 5 aromatic rings. The molecule has 1 atom stereocenters. The Morgan fingerprint density at radius 2 is 1.24 bits per heavy atom. The molecule has 2 heterocycles. The summed E-state index contributed by atoms with van der Waals surface area (Å²) in [6.07, 6.45) is 12.6. The van der Waals surface area contributed by atoms with E-state index in [0.717, 1.165) is 66.3 Å². The number of pyridine rings is 2. The molecule has 5 rings (SSSR count). The van der Waals surface area contributed by atoms with Gasteiger partial charge in [0.15, 0.2) is 0 Å². The van der Waals surface area contributed by atoms with Crippen molar-refractivity contribution in [2.24, 2.45) is 0 Å². The second-order valence-corrected chi connectivity index (χ2v) is 14.8. The van der Waals surface area contributed by atoms with Crippen LogP contribution >= 0.6 is 0 Å². The van der Waals surface area contributed by atoms with Gasteiger partial charge in [0.1, 0.15) is 6.04 Å². The first-order valence-electron chi connectivity index (χ1n) is 16.9. The first kappa shape index (κ1) is 35.7. The number of rotatable bonds is 16. The summed E-state index contributed by atoms with van der Waals surface area (Å²) >= 11 is 0. The van der Waals surface area contributed by atoms with Crippen molar-refractivity contribution in [3.05, 3.63) is 132 Å². The molecule has 2 aromatic heterocycles. The zero-order chi connectivity index (χ0) is 34.8. The number of aryl methyl sites for hydroxylation is 2. The largest absolute Gasteiger partial charge is 0.377 e. The molecule has 0 aliphatic rings. The molecule has 0 saturated carbocycles. The SMILES string of the molecule is CN(C)c1cccc2c(S(=O)(=O)N(C)[C@@H](Cc3ccccc3)C(=O)N(C)C(CCCc3cccnc3)CCCc3cccnc3)cccc12. The molecule has 0 bridgehead atoms. The van der Waals surface area contributed by atoms with Crippen LogP contribution in [0.4, 0.5) is 5.69 Å². The van der Waals surface area contributed by atoms with E-state index in [2.05, 4.69) is 22.1 Å². The Hall–Kier alpha value is -4.60. The Balaban J connectivity index is 1.44. The molecular formula is C40H47N5O3S. The Bertz CT molecular complexity index is 1860. The molecule has 1 amide bonds. The van der Waals surface area contributed by atoms with E-state index in [-0.39, 0.29) is 23.3 Å². The number of nitrogens with zero attached hydrogens (tertiary/aromatic N) is 5. The van der Waals surface area contributed by atoms with Crippen molar-refractivity contribution in [1.29, 1.82) is 0 Å². The van der Waals surface area contributed by atoms with E-state index in [1.54, 1.807) is 36.5 Å². The van der Waals surface area contributed by atoms with E-state index < -0.39 is 16.1 Å². The van der Waals surface area contributed by atoms with E-state index in [9.17, 15) is 13.2 Å². The summed E-state index contributed by atoms with van der Waals surface area (Å²) in [5.74, 6) is -0.211. The quantitative estimate of drug-likeness (QED) is 0.114. The number of sulfonamides is 1. The van der Waals surface area contributed by atoms with Gasteiger partial charge >= 0.3 is 0 Å². The second kappa shape index (κ2) is 16.7. The van der Waals surface area contributed by atoms with E-state index >= 15 is 0 Å². The molecule has 256 valence electrons. The minimum absolute atomic E-state index is 0.0737. The van der Waals surface area contributed by atoms with Crippen molar-refractivity contribution >= 4 is 32.4 Å². The average Bonchev–Trinajstić information content (AvgIpc) is 3.13. The third-order valence-electron chi connectivity index (χ3n) is 9.34.